The Morgan fingerprint density at radius 2 is 1.06 bits per heavy atom. The molecule has 0 saturated carbocycles. The second-order valence-corrected chi connectivity index (χ2v) is 14.2. The number of hydrogen-bond acceptors (Lipinski definition) is 6. The van der Waals surface area contributed by atoms with E-state index < -0.39 is 23.0 Å². The first kappa shape index (κ1) is 26.1. The zero-order valence-electron chi connectivity index (χ0n) is 19.0. The normalized spacial score (nSPS) is 12.8. The second-order valence-electron chi connectivity index (χ2n) is 8.07. The summed E-state index contributed by atoms with van der Waals surface area (Å²) in [5.74, 6) is -0.450. The van der Waals surface area contributed by atoms with Gasteiger partial charge in [0.2, 0.25) is 0 Å². The molecule has 0 fully saturated rings. The van der Waals surface area contributed by atoms with Gasteiger partial charge in [0.1, 0.15) is 0 Å². The minimum atomic E-state index is -4.94. The van der Waals surface area contributed by atoms with Crippen LogP contribution in [0.3, 0.4) is 0 Å². The Kier molecular flexibility index (Phi) is 7.64. The van der Waals surface area contributed by atoms with Gasteiger partial charge in [-0.25, -0.2) is 0 Å². The monoisotopic (exact) mass is 539 g/mol. The first-order valence-corrected chi connectivity index (χ1v) is 14.9. The third kappa shape index (κ3) is 5.09. The van der Waals surface area contributed by atoms with Gasteiger partial charge >= 0.3 is 217 Å². The van der Waals surface area contributed by atoms with Crippen LogP contribution in [0.15, 0.2) is 121 Å². The molecule has 0 bridgehead atoms. The van der Waals surface area contributed by atoms with E-state index in [1.54, 1.807) is 121 Å². The number of rotatable bonds is 8. The molecule has 0 saturated heterocycles. The van der Waals surface area contributed by atoms with Gasteiger partial charge in [-0.3, -0.25) is 0 Å². The van der Waals surface area contributed by atoms with Crippen molar-refractivity contribution < 1.29 is 33.1 Å². The summed E-state index contributed by atoms with van der Waals surface area (Å²) in [5.41, 5.74) is 0.384. The molecule has 0 spiro atoms. The molecular formula is C27H23ClNO5PS. The van der Waals surface area contributed by atoms with Crippen molar-refractivity contribution in [3.05, 3.63) is 127 Å². The number of benzene rings is 4. The Morgan fingerprint density at radius 3 is 1.42 bits per heavy atom. The molecule has 0 aliphatic heterocycles. The number of amides is 1. The quantitative estimate of drug-likeness (QED) is 0.265. The van der Waals surface area contributed by atoms with Gasteiger partial charge in [0.15, 0.2) is 0 Å². The number of carbonyl (C=O) groups excluding carboxylic acids is 1. The summed E-state index contributed by atoms with van der Waals surface area (Å²) >= 11 is 5.66. The molecule has 4 rings (SSSR count). The summed E-state index contributed by atoms with van der Waals surface area (Å²) in [6, 6.07) is 34.6. The van der Waals surface area contributed by atoms with Crippen LogP contribution in [0.2, 0.25) is 0 Å². The summed E-state index contributed by atoms with van der Waals surface area (Å²) < 4.78 is 43.3. The topological polar surface area (TPSA) is 108 Å². The average Bonchev–Trinajstić information content (AvgIpc) is 2.89. The fourth-order valence-corrected chi connectivity index (χ4v) is 12.3. The molecule has 4 aromatic carbocycles. The van der Waals surface area contributed by atoms with Gasteiger partial charge < -0.3 is 0 Å². The Hall–Kier alpha value is -3.00. The molecule has 1 amide bonds. The van der Waals surface area contributed by atoms with Crippen LogP contribution >= 0.6 is 19.0 Å². The van der Waals surface area contributed by atoms with Crippen molar-refractivity contribution in [2.24, 2.45) is 0 Å². The van der Waals surface area contributed by atoms with Crippen LogP contribution < -0.4 is 35.2 Å². The van der Waals surface area contributed by atoms with E-state index in [2.05, 4.69) is 5.32 Å². The van der Waals surface area contributed by atoms with Gasteiger partial charge in [-0.1, -0.05) is 0 Å². The summed E-state index contributed by atoms with van der Waals surface area (Å²) in [4.78, 5) is 13.0. The van der Waals surface area contributed by atoms with Gasteiger partial charge in [0.05, 0.1) is 0 Å². The van der Waals surface area contributed by atoms with Crippen LogP contribution in [-0.2, 0) is 4.08 Å². The third-order valence-electron chi connectivity index (χ3n) is 5.88. The van der Waals surface area contributed by atoms with Gasteiger partial charge in [-0.15, -0.1) is 0 Å². The Labute approximate surface area is 216 Å². The number of thiocarbonyl (C=S) groups is 1. The molecule has 184 valence electrons. The molecule has 0 unspecified atom stereocenters. The van der Waals surface area contributed by atoms with Gasteiger partial charge in [0.25, 0.3) is 0 Å². The molecule has 0 radical (unpaired) electrons. The molecular weight excluding hydrogens is 517 g/mol. The van der Waals surface area contributed by atoms with Gasteiger partial charge in [-0.2, -0.15) is 0 Å². The van der Waals surface area contributed by atoms with E-state index in [0.29, 0.717) is 21.5 Å². The number of hydrogen-bond donors (Lipinski definition) is 1. The van der Waals surface area contributed by atoms with Crippen LogP contribution in [0.1, 0.15) is 10.4 Å². The molecule has 36 heavy (non-hydrogen) atoms. The zero-order valence-corrected chi connectivity index (χ0v) is 21.5. The molecule has 4 aromatic rings. The Balaban J connectivity index is 2.00. The van der Waals surface area contributed by atoms with Crippen molar-refractivity contribution >= 4 is 45.9 Å². The molecule has 6 nitrogen and oxygen atoms in total. The van der Waals surface area contributed by atoms with Crippen LogP contribution in [0.25, 0.3) is 0 Å². The van der Waals surface area contributed by atoms with Crippen LogP contribution in [0.4, 0.5) is 0 Å². The standard InChI is InChI=1S/C27H23ClNO5PS/c30-27(22-13-5-1-6-14-22)29-26(36)21-35(34-28(31,32)33,23-15-7-2-8-16-23,24-17-9-3-10-18-24)25-19-11-4-12-20-25/h1-20H,21H2,(H,29,30,36). The zero-order chi connectivity index (χ0) is 25.7. The van der Waals surface area contributed by atoms with Crippen LogP contribution in [0, 0.1) is 10.2 Å². The van der Waals surface area contributed by atoms with Crippen molar-refractivity contribution in [2.45, 2.75) is 0 Å². The molecule has 9 heteroatoms. The van der Waals surface area contributed by atoms with E-state index >= 15 is 0 Å². The maximum absolute atomic E-state index is 12.9. The summed E-state index contributed by atoms with van der Waals surface area (Å²) in [5, 5.41) is 4.14. The fourth-order valence-electron chi connectivity index (χ4n) is 4.38. The molecule has 0 aliphatic rings. The predicted molar refractivity (Wildman–Crippen MR) is 138 cm³/mol. The fraction of sp³-hybridized carbons (Fsp3) is 0.0370. The van der Waals surface area contributed by atoms with Crippen molar-refractivity contribution in [3.63, 3.8) is 0 Å². The third-order valence-corrected chi connectivity index (χ3v) is 13.3. The van der Waals surface area contributed by atoms with Crippen molar-refractivity contribution in [3.8, 4) is 0 Å². The van der Waals surface area contributed by atoms with E-state index in [4.69, 9.17) is 16.3 Å². The Bertz CT molecular complexity index is 1240. The van der Waals surface area contributed by atoms with E-state index in [0.717, 1.165) is 0 Å². The van der Waals surface area contributed by atoms with Crippen LogP contribution in [-0.4, -0.2) is 17.1 Å². The molecule has 0 aliphatic carbocycles. The number of carbonyl (C=O) groups is 1. The SMILES string of the molecule is O=C(NC(=S)CP(O[Cl+3]([O-])([O-])[O-])(c1ccccc1)(c1ccccc1)c1ccccc1)c1ccccc1. The second kappa shape index (κ2) is 10.5. The molecule has 0 heterocycles. The van der Waals surface area contributed by atoms with E-state index in [1.807, 2.05) is 0 Å². The molecule has 0 aromatic heterocycles. The summed E-state index contributed by atoms with van der Waals surface area (Å²) in [6.45, 7) is -4.64. The molecule has 0 atom stereocenters. The van der Waals surface area contributed by atoms with Crippen LogP contribution in [0.5, 0.6) is 0 Å². The van der Waals surface area contributed by atoms with Gasteiger partial charge in [-0.05, 0) is 0 Å². The number of halogens is 1. The number of nitrogens with one attached hydrogen (secondary N) is 1. The van der Waals surface area contributed by atoms with E-state index in [9.17, 15) is 18.8 Å². The van der Waals surface area contributed by atoms with E-state index in [-0.39, 0.29) is 11.2 Å². The average molecular weight is 540 g/mol. The first-order chi connectivity index (χ1) is 17.2. The van der Waals surface area contributed by atoms with Crippen molar-refractivity contribution in [1.29, 1.82) is 0 Å². The minimum absolute atomic E-state index is 0.0388. The van der Waals surface area contributed by atoms with E-state index in [1.165, 1.54) is 0 Å². The first-order valence-electron chi connectivity index (χ1n) is 10.9. The summed E-state index contributed by atoms with van der Waals surface area (Å²) in [6.07, 6.45) is -0.230. The Morgan fingerprint density at radius 1 is 0.694 bits per heavy atom. The maximum atomic E-state index is 12.9. The van der Waals surface area contributed by atoms with Gasteiger partial charge in [0, 0.05) is 0 Å². The van der Waals surface area contributed by atoms with Crippen molar-refractivity contribution in [1.82, 2.24) is 5.32 Å². The molecule has 1 N–H and O–H groups in total. The summed E-state index contributed by atoms with van der Waals surface area (Å²) in [7, 11) is -4.94. The predicted octanol–water partition coefficient (Wildman–Crippen LogP) is 1.10. The van der Waals surface area contributed by atoms with Crippen molar-refractivity contribution in [2.75, 3.05) is 6.16 Å².